The van der Waals surface area contributed by atoms with Crippen molar-refractivity contribution in [3.8, 4) is 5.75 Å². The Labute approximate surface area is 272 Å². The van der Waals surface area contributed by atoms with E-state index < -0.39 is 41.1 Å². The molecule has 3 N–H and O–H groups in total. The van der Waals surface area contributed by atoms with Crippen LogP contribution in [0.5, 0.6) is 5.75 Å². The maximum atomic E-state index is 14.9. The number of ether oxygens (including phenoxy) is 1. The van der Waals surface area contributed by atoms with Crippen molar-refractivity contribution in [2.24, 2.45) is 0 Å². The van der Waals surface area contributed by atoms with Crippen LogP contribution in [0.2, 0.25) is 5.02 Å². The highest BCUT2D eigenvalue weighted by Gasteiger charge is 2.43. The first-order valence-corrected chi connectivity index (χ1v) is 15.7. The number of para-hydroxylation sites is 1. The number of phenolic OH excluding ortho intramolecular Hbond substituents is 1. The Morgan fingerprint density at radius 3 is 2.04 bits per heavy atom. The second kappa shape index (κ2) is 14.8. The van der Waals surface area contributed by atoms with Crippen molar-refractivity contribution >= 4 is 35.2 Å². The number of alkyl carbamates (subject to hydrolysis) is 1. The van der Waals surface area contributed by atoms with Gasteiger partial charge in [0.2, 0.25) is 5.91 Å². The zero-order valence-electron chi connectivity index (χ0n) is 27.5. The Morgan fingerprint density at radius 1 is 0.911 bits per heavy atom. The highest BCUT2D eigenvalue weighted by Crippen LogP contribution is 2.35. The topological polar surface area (TPSA) is 108 Å². The molecule has 0 saturated carbocycles. The van der Waals surface area contributed by atoms with Crippen LogP contribution in [0.25, 0.3) is 0 Å². The number of halogens is 1. The van der Waals surface area contributed by atoms with E-state index in [0.717, 1.165) is 17.5 Å². The zero-order chi connectivity index (χ0) is 33.5. The summed E-state index contributed by atoms with van der Waals surface area (Å²) in [5.41, 5.74) is 2.02. The lowest BCUT2D eigenvalue weighted by Gasteiger charge is -2.44. The molecule has 242 valence electrons. The van der Waals surface area contributed by atoms with E-state index in [1.54, 1.807) is 49.9 Å². The van der Waals surface area contributed by atoms with E-state index in [1.807, 2.05) is 65.0 Å². The van der Waals surface area contributed by atoms with Gasteiger partial charge in [-0.15, -0.1) is 0 Å². The monoisotopic (exact) mass is 635 g/mol. The summed E-state index contributed by atoms with van der Waals surface area (Å²) in [5, 5.41) is 16.0. The molecule has 0 bridgehead atoms. The molecule has 2 unspecified atom stereocenters. The number of nitrogens with zero attached hydrogens (tertiary/aromatic N) is 1. The molecule has 3 rings (SSSR count). The molecule has 9 heteroatoms. The Balaban J connectivity index is 2.18. The fourth-order valence-corrected chi connectivity index (χ4v) is 5.24. The molecule has 0 saturated heterocycles. The minimum Gasteiger partial charge on any atom is -0.508 e. The predicted molar refractivity (Wildman–Crippen MR) is 180 cm³/mol. The average molecular weight is 636 g/mol. The van der Waals surface area contributed by atoms with Gasteiger partial charge in [-0.25, -0.2) is 4.79 Å². The van der Waals surface area contributed by atoms with Crippen LogP contribution in [0.3, 0.4) is 0 Å². The molecule has 2 atom stereocenters. The molecule has 0 aromatic heterocycles. The van der Waals surface area contributed by atoms with Crippen molar-refractivity contribution < 1.29 is 24.2 Å². The predicted octanol–water partition coefficient (Wildman–Crippen LogP) is 7.75. The van der Waals surface area contributed by atoms with Crippen LogP contribution in [-0.2, 0) is 27.2 Å². The van der Waals surface area contributed by atoms with E-state index in [2.05, 4.69) is 10.6 Å². The fourth-order valence-electron chi connectivity index (χ4n) is 4.97. The molecular formula is C36H46ClN3O5. The van der Waals surface area contributed by atoms with Gasteiger partial charge in [-0.1, -0.05) is 74.0 Å². The van der Waals surface area contributed by atoms with E-state index >= 15 is 0 Å². The summed E-state index contributed by atoms with van der Waals surface area (Å²) in [6.45, 7) is 14.9. The number of anilines is 1. The van der Waals surface area contributed by atoms with Gasteiger partial charge in [-0.05, 0) is 94.8 Å². The van der Waals surface area contributed by atoms with Gasteiger partial charge < -0.3 is 25.4 Å². The molecule has 0 heterocycles. The largest absolute Gasteiger partial charge is 0.508 e. The van der Waals surface area contributed by atoms with Crippen molar-refractivity contribution in [3.05, 3.63) is 94.0 Å². The molecule has 0 spiro atoms. The van der Waals surface area contributed by atoms with Crippen LogP contribution in [0.15, 0.2) is 66.7 Å². The molecule has 45 heavy (non-hydrogen) atoms. The second-order valence-corrected chi connectivity index (χ2v) is 13.3. The van der Waals surface area contributed by atoms with Crippen molar-refractivity contribution in [2.45, 2.75) is 97.9 Å². The van der Waals surface area contributed by atoms with Gasteiger partial charge >= 0.3 is 6.09 Å². The number of hydrogen-bond donors (Lipinski definition) is 3. The quantitative estimate of drug-likeness (QED) is 0.200. The van der Waals surface area contributed by atoms with Crippen LogP contribution in [0.1, 0.15) is 83.2 Å². The van der Waals surface area contributed by atoms with Crippen LogP contribution in [-0.4, -0.2) is 45.1 Å². The average Bonchev–Trinajstić information content (AvgIpc) is 2.97. The zero-order valence-corrected chi connectivity index (χ0v) is 28.3. The van der Waals surface area contributed by atoms with Crippen molar-refractivity contribution in [1.29, 1.82) is 0 Å². The van der Waals surface area contributed by atoms with Crippen LogP contribution >= 0.6 is 11.6 Å². The van der Waals surface area contributed by atoms with E-state index in [4.69, 9.17) is 16.3 Å². The lowest BCUT2D eigenvalue weighted by molar-refractivity contribution is -0.147. The van der Waals surface area contributed by atoms with Gasteiger partial charge in [-0.2, -0.15) is 0 Å². The Bertz CT molecular complexity index is 1460. The number of amides is 3. The summed E-state index contributed by atoms with van der Waals surface area (Å²) in [6, 6.07) is 17.2. The molecule has 0 radical (unpaired) electrons. The number of nitrogens with one attached hydrogen (secondary N) is 2. The van der Waals surface area contributed by atoms with Gasteiger partial charge in [0.15, 0.2) is 0 Å². The minimum absolute atomic E-state index is 0.0811. The second-order valence-electron chi connectivity index (χ2n) is 12.9. The molecule has 0 aliphatic rings. The first-order valence-electron chi connectivity index (χ1n) is 15.3. The molecular weight excluding hydrogens is 590 g/mol. The normalized spacial score (nSPS) is 13.0. The number of carbonyl (C=O) groups excluding carboxylic acids is 3. The third-order valence-corrected chi connectivity index (χ3v) is 8.12. The van der Waals surface area contributed by atoms with Crippen molar-refractivity contribution in [2.75, 3.05) is 5.32 Å². The van der Waals surface area contributed by atoms with E-state index in [1.165, 1.54) is 12.1 Å². The molecule has 3 aromatic rings. The molecule has 3 amide bonds. The maximum absolute atomic E-state index is 14.9. The molecule has 8 nitrogen and oxygen atoms in total. The number of phenols is 1. The van der Waals surface area contributed by atoms with Crippen LogP contribution < -0.4 is 10.6 Å². The molecule has 0 aliphatic heterocycles. The SMILES string of the molecule is CCc1ccc(C(C(=O)Nc2c(C)cccc2Cl)N(C(=O)C(Cc2ccc(O)cc2)NC(=O)OC(C)(C)C)C(C)(C)CC)cc1. The lowest BCUT2D eigenvalue weighted by Crippen LogP contribution is -2.59. The summed E-state index contributed by atoms with van der Waals surface area (Å²) >= 11 is 6.51. The van der Waals surface area contributed by atoms with E-state index in [9.17, 15) is 19.5 Å². The summed E-state index contributed by atoms with van der Waals surface area (Å²) in [6.07, 6.45) is 0.669. The van der Waals surface area contributed by atoms with Gasteiger partial charge in [0.25, 0.3) is 5.91 Å². The number of hydrogen-bond acceptors (Lipinski definition) is 5. The number of aryl methyl sites for hydroxylation is 2. The van der Waals surface area contributed by atoms with E-state index in [0.29, 0.717) is 28.3 Å². The van der Waals surface area contributed by atoms with Crippen molar-refractivity contribution in [3.63, 3.8) is 0 Å². The van der Waals surface area contributed by atoms with Gasteiger partial charge in [0.05, 0.1) is 10.7 Å². The Kier molecular flexibility index (Phi) is 11.7. The number of aromatic hydroxyl groups is 1. The Hall–Kier alpha value is -4.04. The number of rotatable bonds is 11. The van der Waals surface area contributed by atoms with Gasteiger partial charge in [0, 0.05) is 12.0 Å². The first kappa shape index (κ1) is 35.4. The highest BCUT2D eigenvalue weighted by atomic mass is 35.5. The van der Waals surface area contributed by atoms with Gasteiger partial charge in [0.1, 0.15) is 23.4 Å². The highest BCUT2D eigenvalue weighted by molar-refractivity contribution is 6.34. The summed E-state index contributed by atoms with van der Waals surface area (Å²) < 4.78 is 5.54. The third kappa shape index (κ3) is 9.47. The van der Waals surface area contributed by atoms with E-state index in [-0.39, 0.29) is 12.2 Å². The number of benzene rings is 3. The summed E-state index contributed by atoms with van der Waals surface area (Å²) in [5.74, 6) is -0.819. The molecule has 0 fully saturated rings. The molecule has 3 aromatic carbocycles. The van der Waals surface area contributed by atoms with Gasteiger partial charge in [-0.3, -0.25) is 9.59 Å². The summed E-state index contributed by atoms with van der Waals surface area (Å²) in [4.78, 5) is 43.9. The fraction of sp³-hybridized carbons (Fsp3) is 0.417. The van der Waals surface area contributed by atoms with Crippen LogP contribution in [0, 0.1) is 6.92 Å². The minimum atomic E-state index is -1.09. The smallest absolute Gasteiger partial charge is 0.408 e. The first-order chi connectivity index (χ1) is 21.1. The lowest BCUT2D eigenvalue weighted by atomic mass is 9.90. The maximum Gasteiger partial charge on any atom is 0.408 e. The third-order valence-electron chi connectivity index (χ3n) is 7.80. The standard InChI is InChI=1S/C36H46ClN3O5/c1-9-24-14-18-26(19-15-24)31(32(42)39-30-23(3)12-11-13-28(30)37)40(36(7,8)10-2)33(43)29(38-34(44)45-35(4,5)6)22-25-16-20-27(41)21-17-25/h11-21,29,31,41H,9-10,22H2,1-8H3,(H,38,44)(H,39,42). The number of carbonyl (C=O) groups is 3. The van der Waals surface area contributed by atoms with Crippen molar-refractivity contribution in [1.82, 2.24) is 10.2 Å². The van der Waals surface area contributed by atoms with Crippen LogP contribution in [0.4, 0.5) is 10.5 Å². The Morgan fingerprint density at radius 2 is 1.51 bits per heavy atom. The molecule has 0 aliphatic carbocycles. The summed E-state index contributed by atoms with van der Waals surface area (Å²) in [7, 11) is 0.